The average molecular weight is 682 g/mol. The van der Waals surface area contributed by atoms with Gasteiger partial charge in [0.15, 0.2) is 5.82 Å². The second-order valence-corrected chi connectivity index (χ2v) is 15.6. The molecule has 0 bridgehead atoms. The van der Waals surface area contributed by atoms with Crippen molar-refractivity contribution in [2.24, 2.45) is 5.41 Å². The second kappa shape index (κ2) is 13.3. The first-order chi connectivity index (χ1) is 23.6. The van der Waals surface area contributed by atoms with Crippen LogP contribution in [0.1, 0.15) is 95.0 Å². The number of aryl methyl sites for hydroxylation is 1. The Hall–Kier alpha value is -5.07. The number of benzene rings is 1. The molecule has 5 heterocycles. The van der Waals surface area contributed by atoms with E-state index in [1.54, 1.807) is 0 Å². The van der Waals surface area contributed by atoms with Gasteiger partial charge in [0.25, 0.3) is 0 Å². The molecule has 1 atom stereocenters. The van der Waals surface area contributed by atoms with E-state index in [9.17, 15) is 9.59 Å². The molecule has 0 saturated carbocycles. The van der Waals surface area contributed by atoms with E-state index >= 15 is 0 Å². The summed E-state index contributed by atoms with van der Waals surface area (Å²) >= 11 is 0. The first-order valence-electron chi connectivity index (χ1n) is 17.1. The number of likely N-dealkylation sites (tertiary alicyclic amines) is 1. The molecule has 2 saturated heterocycles. The van der Waals surface area contributed by atoms with Gasteiger partial charge in [-0.2, -0.15) is 4.98 Å². The fraction of sp³-hybridized carbons (Fsp3) is 0.486. The molecule has 2 aliphatic rings. The number of piperidine rings is 1. The third kappa shape index (κ3) is 7.87. The van der Waals surface area contributed by atoms with E-state index in [4.69, 9.17) is 9.26 Å². The van der Waals surface area contributed by atoms with Crippen molar-refractivity contribution in [3.63, 3.8) is 0 Å². The summed E-state index contributed by atoms with van der Waals surface area (Å²) < 4.78 is 10.8. The number of rotatable bonds is 7. The van der Waals surface area contributed by atoms with Gasteiger partial charge in [-0.3, -0.25) is 4.79 Å². The molecule has 13 nitrogen and oxygen atoms in total. The highest BCUT2D eigenvalue weighted by Crippen LogP contribution is 2.43. The monoisotopic (exact) mass is 681 g/mol. The Morgan fingerprint density at radius 2 is 1.70 bits per heavy atom. The Kier molecular flexibility index (Phi) is 9.27. The van der Waals surface area contributed by atoms with Gasteiger partial charge in [-0.05, 0) is 76.8 Å². The second-order valence-electron chi connectivity index (χ2n) is 15.6. The number of nitrogens with one attached hydrogen (secondary N) is 2. The summed E-state index contributed by atoms with van der Waals surface area (Å²) in [5.41, 5.74) is 4.17. The maximum Gasteiger partial charge on any atom is 0.410 e. The average Bonchev–Trinajstić information content (AvgIpc) is 3.55. The number of anilines is 3. The number of hydrogen-bond acceptors (Lipinski definition) is 11. The number of carbonyl (C=O) groups excluding carboxylic acids is 2. The lowest BCUT2D eigenvalue weighted by Crippen LogP contribution is -2.61. The lowest BCUT2D eigenvalue weighted by Gasteiger charge is -2.54. The van der Waals surface area contributed by atoms with E-state index in [2.05, 4.69) is 46.7 Å². The zero-order valence-corrected chi connectivity index (χ0v) is 30.2. The minimum Gasteiger partial charge on any atom is -0.444 e. The molecule has 50 heavy (non-hydrogen) atoms. The number of pyridine rings is 1. The van der Waals surface area contributed by atoms with E-state index in [0.29, 0.717) is 17.5 Å². The minimum atomic E-state index is -0.479. The Balaban J connectivity index is 1.02. The molecule has 2 aliphatic heterocycles. The summed E-state index contributed by atoms with van der Waals surface area (Å²) in [6.45, 7) is 18.9. The van der Waals surface area contributed by atoms with Crippen molar-refractivity contribution in [1.29, 1.82) is 0 Å². The number of hydrogen-bond donors (Lipinski definition) is 2. The predicted octanol–water partition coefficient (Wildman–Crippen LogP) is 6.60. The van der Waals surface area contributed by atoms with Gasteiger partial charge in [0.2, 0.25) is 0 Å². The van der Waals surface area contributed by atoms with Gasteiger partial charge in [-0.25, -0.2) is 19.7 Å². The predicted molar refractivity (Wildman–Crippen MR) is 190 cm³/mol. The van der Waals surface area contributed by atoms with Crippen LogP contribution >= 0.6 is 0 Å². The lowest BCUT2D eigenvalue weighted by molar-refractivity contribution is 0.00596. The van der Waals surface area contributed by atoms with Crippen molar-refractivity contribution in [3.8, 4) is 11.3 Å². The molecule has 2 N–H and O–H groups in total. The van der Waals surface area contributed by atoms with Crippen molar-refractivity contribution >= 4 is 29.3 Å². The highest BCUT2D eigenvalue weighted by molar-refractivity contribution is 5.89. The SMILES string of the molecule is Cc1cc(-c2cc(Nc3ccc(N4CC5(CCN(C(=O)OC(C)(C)C)CC5)C4)cn3)ncn2)ccc1[C@@H](C)NC(=O)c1nc(C(C)(C)C)no1. The zero-order valence-electron chi connectivity index (χ0n) is 30.2. The molecular formula is C37H47N9O4. The smallest absolute Gasteiger partial charge is 0.410 e. The molecule has 0 unspecified atom stereocenters. The number of ether oxygens (including phenoxy) is 1. The summed E-state index contributed by atoms with van der Waals surface area (Å²) in [6.07, 6.45) is 5.15. The van der Waals surface area contributed by atoms with Gasteiger partial charge in [-0.15, -0.1) is 0 Å². The fourth-order valence-corrected chi connectivity index (χ4v) is 6.39. The molecule has 2 fully saturated rings. The molecule has 0 aliphatic carbocycles. The summed E-state index contributed by atoms with van der Waals surface area (Å²) in [6, 6.07) is 11.7. The van der Waals surface area contributed by atoms with Gasteiger partial charge >= 0.3 is 17.9 Å². The van der Waals surface area contributed by atoms with E-state index in [1.165, 1.54) is 6.33 Å². The van der Waals surface area contributed by atoms with Crippen LogP contribution in [0.2, 0.25) is 0 Å². The first kappa shape index (κ1) is 34.8. The standard InChI is InChI=1S/C37H47N9O4/c1-23-17-25(9-11-27(23)24(2)41-31(47)32-43-33(44-50-32)35(3,4)5)28-18-30(40-22-39-28)42-29-12-10-26(19-38-29)46-20-37(21-46)13-15-45(16-14-37)34(48)49-36(6,7)8/h9-12,17-19,22,24H,13-16,20-21H2,1-8H3,(H,41,47)(H,38,39,40,42)/t24-/m1/s1. The Morgan fingerprint density at radius 3 is 2.32 bits per heavy atom. The third-order valence-corrected chi connectivity index (χ3v) is 9.24. The van der Waals surface area contributed by atoms with Gasteiger partial charge in [0.05, 0.1) is 23.6 Å². The molecule has 1 aromatic carbocycles. The summed E-state index contributed by atoms with van der Waals surface area (Å²) in [5.74, 6) is 1.34. The molecule has 3 aromatic heterocycles. The lowest BCUT2D eigenvalue weighted by atomic mass is 9.72. The van der Waals surface area contributed by atoms with Crippen molar-refractivity contribution < 1.29 is 18.8 Å². The minimum absolute atomic E-state index is 0.0517. The van der Waals surface area contributed by atoms with Crippen LogP contribution in [0.25, 0.3) is 11.3 Å². The largest absolute Gasteiger partial charge is 0.444 e. The molecule has 6 rings (SSSR count). The van der Waals surface area contributed by atoms with Crippen LogP contribution in [-0.2, 0) is 10.2 Å². The quantitative estimate of drug-likeness (QED) is 0.217. The molecule has 1 spiro atoms. The highest BCUT2D eigenvalue weighted by Gasteiger charge is 2.46. The molecule has 4 aromatic rings. The summed E-state index contributed by atoms with van der Waals surface area (Å²) in [4.78, 5) is 47.3. The van der Waals surface area contributed by atoms with Crippen LogP contribution in [-0.4, -0.2) is 73.8 Å². The topological polar surface area (TPSA) is 152 Å². The van der Waals surface area contributed by atoms with E-state index in [-0.39, 0.29) is 28.9 Å². The maximum absolute atomic E-state index is 12.8. The molecule has 13 heteroatoms. The molecule has 264 valence electrons. The van der Waals surface area contributed by atoms with E-state index < -0.39 is 11.5 Å². The number of nitrogens with zero attached hydrogens (tertiary/aromatic N) is 7. The van der Waals surface area contributed by atoms with E-state index in [0.717, 1.165) is 67.1 Å². The van der Waals surface area contributed by atoms with Gasteiger partial charge in [0.1, 0.15) is 23.6 Å². The Bertz CT molecular complexity index is 1840. The van der Waals surface area contributed by atoms with Crippen LogP contribution in [0.4, 0.5) is 22.1 Å². The molecule has 0 radical (unpaired) electrons. The first-order valence-corrected chi connectivity index (χ1v) is 17.1. The van der Waals surface area contributed by atoms with Crippen molar-refractivity contribution in [1.82, 2.24) is 35.3 Å². The normalized spacial score (nSPS) is 16.5. The van der Waals surface area contributed by atoms with Crippen LogP contribution in [0.3, 0.4) is 0 Å². The van der Waals surface area contributed by atoms with Gasteiger partial charge < -0.3 is 29.7 Å². The van der Waals surface area contributed by atoms with Crippen LogP contribution in [0, 0.1) is 12.3 Å². The summed E-state index contributed by atoms with van der Waals surface area (Å²) in [7, 11) is 0. The van der Waals surface area contributed by atoms with Crippen LogP contribution in [0.5, 0.6) is 0 Å². The number of carbonyl (C=O) groups is 2. The Morgan fingerprint density at radius 1 is 0.960 bits per heavy atom. The van der Waals surface area contributed by atoms with Crippen molar-refractivity contribution in [3.05, 3.63) is 71.8 Å². The maximum atomic E-state index is 12.8. The number of aromatic nitrogens is 5. The molecule has 2 amide bonds. The Labute approximate surface area is 293 Å². The van der Waals surface area contributed by atoms with Crippen LogP contribution < -0.4 is 15.5 Å². The van der Waals surface area contributed by atoms with E-state index in [1.807, 2.05) is 96.8 Å². The van der Waals surface area contributed by atoms with Crippen molar-refractivity contribution in [2.75, 3.05) is 36.4 Å². The van der Waals surface area contributed by atoms with Gasteiger partial charge in [-0.1, -0.05) is 38.1 Å². The highest BCUT2D eigenvalue weighted by atomic mass is 16.6. The summed E-state index contributed by atoms with van der Waals surface area (Å²) in [5, 5.41) is 10.2. The van der Waals surface area contributed by atoms with Crippen molar-refractivity contribution in [2.45, 2.75) is 85.3 Å². The number of amides is 2. The fourth-order valence-electron chi connectivity index (χ4n) is 6.39. The van der Waals surface area contributed by atoms with Crippen LogP contribution in [0.15, 0.2) is 53.4 Å². The van der Waals surface area contributed by atoms with Gasteiger partial charge in [0, 0.05) is 48.6 Å². The zero-order chi connectivity index (χ0) is 35.8. The molecular weight excluding hydrogens is 634 g/mol. The third-order valence-electron chi connectivity index (χ3n) is 9.24.